The molecule has 1 aromatic carbocycles. The van der Waals surface area contributed by atoms with Crippen molar-refractivity contribution in [3.8, 4) is 0 Å². The molecule has 0 aliphatic heterocycles. The lowest BCUT2D eigenvalue weighted by molar-refractivity contribution is 0.111. The molecule has 3 nitrogen and oxygen atoms in total. The van der Waals surface area contributed by atoms with Crippen LogP contribution in [0.15, 0.2) is 29.2 Å². The Balaban J connectivity index is 2.20. The van der Waals surface area contributed by atoms with Crippen LogP contribution in [0.4, 0.5) is 0 Å². The van der Waals surface area contributed by atoms with Crippen LogP contribution in [0.25, 0.3) is 0 Å². The SMILES string of the molecule is Cc1ccc(S(=O)(=O)C[C@@H]2CCC[C@@]2(C)CO)cc1. The van der Waals surface area contributed by atoms with E-state index in [0.29, 0.717) is 4.90 Å². The average molecular weight is 282 g/mol. The molecule has 0 saturated heterocycles. The third-order valence-electron chi connectivity index (χ3n) is 4.45. The Morgan fingerprint density at radius 3 is 2.53 bits per heavy atom. The maximum atomic E-state index is 12.4. The van der Waals surface area contributed by atoms with Crippen molar-refractivity contribution in [3.05, 3.63) is 29.8 Å². The topological polar surface area (TPSA) is 54.4 Å². The van der Waals surface area contributed by atoms with Crippen LogP contribution >= 0.6 is 0 Å². The molecular weight excluding hydrogens is 260 g/mol. The largest absolute Gasteiger partial charge is 0.396 e. The van der Waals surface area contributed by atoms with Crippen molar-refractivity contribution in [2.24, 2.45) is 11.3 Å². The molecule has 0 aromatic heterocycles. The zero-order valence-corrected chi connectivity index (χ0v) is 12.4. The number of aliphatic hydroxyl groups excluding tert-OH is 1. The Morgan fingerprint density at radius 1 is 1.32 bits per heavy atom. The van der Waals surface area contributed by atoms with Gasteiger partial charge >= 0.3 is 0 Å². The summed E-state index contributed by atoms with van der Waals surface area (Å²) in [5.41, 5.74) is 0.817. The molecule has 19 heavy (non-hydrogen) atoms. The zero-order chi connectivity index (χ0) is 14.1. The fourth-order valence-electron chi connectivity index (χ4n) is 2.90. The van der Waals surface area contributed by atoms with Gasteiger partial charge in [0.2, 0.25) is 0 Å². The van der Waals surface area contributed by atoms with Crippen molar-refractivity contribution in [1.82, 2.24) is 0 Å². The number of rotatable bonds is 4. The summed E-state index contributed by atoms with van der Waals surface area (Å²) in [6.45, 7) is 4.01. The summed E-state index contributed by atoms with van der Waals surface area (Å²) >= 11 is 0. The summed E-state index contributed by atoms with van der Waals surface area (Å²) in [5.74, 6) is 0.205. The van der Waals surface area contributed by atoms with E-state index in [4.69, 9.17) is 0 Å². The highest BCUT2D eigenvalue weighted by Crippen LogP contribution is 2.43. The summed E-state index contributed by atoms with van der Waals surface area (Å²) in [5, 5.41) is 9.50. The van der Waals surface area contributed by atoms with Crippen LogP contribution in [0.5, 0.6) is 0 Å². The summed E-state index contributed by atoms with van der Waals surface area (Å²) in [7, 11) is -3.25. The van der Waals surface area contributed by atoms with E-state index in [-0.39, 0.29) is 23.7 Å². The lowest BCUT2D eigenvalue weighted by atomic mass is 9.82. The van der Waals surface area contributed by atoms with Gasteiger partial charge in [-0.2, -0.15) is 0 Å². The Labute approximate surface area is 115 Å². The van der Waals surface area contributed by atoms with Gasteiger partial charge < -0.3 is 5.11 Å². The molecule has 0 amide bonds. The van der Waals surface area contributed by atoms with E-state index >= 15 is 0 Å². The Kier molecular flexibility index (Phi) is 4.02. The Bertz CT molecular complexity index is 533. The van der Waals surface area contributed by atoms with Crippen molar-refractivity contribution in [1.29, 1.82) is 0 Å². The van der Waals surface area contributed by atoms with Gasteiger partial charge in [-0.25, -0.2) is 8.42 Å². The summed E-state index contributed by atoms with van der Waals surface area (Å²) in [6.07, 6.45) is 2.81. The first-order chi connectivity index (χ1) is 8.87. The maximum Gasteiger partial charge on any atom is 0.178 e. The lowest BCUT2D eigenvalue weighted by Gasteiger charge is -2.29. The van der Waals surface area contributed by atoms with Crippen LogP contribution < -0.4 is 0 Å². The molecule has 0 radical (unpaired) electrons. The van der Waals surface area contributed by atoms with E-state index in [1.165, 1.54) is 0 Å². The average Bonchev–Trinajstić information content (AvgIpc) is 2.72. The molecule has 0 bridgehead atoms. The van der Waals surface area contributed by atoms with Crippen LogP contribution in [-0.4, -0.2) is 25.9 Å². The summed E-state index contributed by atoms with van der Waals surface area (Å²) in [4.78, 5) is 0.394. The molecule has 1 N–H and O–H groups in total. The van der Waals surface area contributed by atoms with E-state index in [9.17, 15) is 13.5 Å². The maximum absolute atomic E-state index is 12.4. The van der Waals surface area contributed by atoms with Crippen LogP contribution in [0, 0.1) is 18.3 Å². The van der Waals surface area contributed by atoms with Gasteiger partial charge in [0.05, 0.1) is 10.6 Å². The highest BCUT2D eigenvalue weighted by molar-refractivity contribution is 7.91. The van der Waals surface area contributed by atoms with Gasteiger partial charge in [0, 0.05) is 6.61 Å². The number of sulfone groups is 1. The highest BCUT2D eigenvalue weighted by atomic mass is 32.2. The molecule has 4 heteroatoms. The van der Waals surface area contributed by atoms with Crippen molar-refractivity contribution in [2.75, 3.05) is 12.4 Å². The van der Waals surface area contributed by atoms with Gasteiger partial charge in [-0.05, 0) is 43.2 Å². The van der Waals surface area contributed by atoms with Gasteiger partial charge in [-0.3, -0.25) is 0 Å². The molecule has 2 atom stereocenters. The molecule has 0 unspecified atom stereocenters. The van der Waals surface area contributed by atoms with E-state index in [0.717, 1.165) is 24.8 Å². The molecular formula is C15H22O3S. The van der Waals surface area contributed by atoms with E-state index < -0.39 is 9.84 Å². The molecule has 0 spiro atoms. The van der Waals surface area contributed by atoms with Crippen LogP contribution in [0.1, 0.15) is 31.7 Å². The Hall–Kier alpha value is -0.870. The minimum absolute atomic E-state index is 0.0591. The highest BCUT2D eigenvalue weighted by Gasteiger charge is 2.40. The van der Waals surface area contributed by atoms with Gasteiger partial charge in [-0.15, -0.1) is 0 Å². The van der Waals surface area contributed by atoms with Crippen LogP contribution in [0.2, 0.25) is 0 Å². The monoisotopic (exact) mass is 282 g/mol. The fraction of sp³-hybridized carbons (Fsp3) is 0.600. The van der Waals surface area contributed by atoms with Crippen molar-refractivity contribution in [3.63, 3.8) is 0 Å². The minimum atomic E-state index is -3.25. The predicted molar refractivity (Wildman–Crippen MR) is 75.8 cm³/mol. The first-order valence-corrected chi connectivity index (χ1v) is 8.43. The molecule has 1 saturated carbocycles. The van der Waals surface area contributed by atoms with E-state index in [1.807, 2.05) is 26.0 Å². The van der Waals surface area contributed by atoms with Gasteiger partial charge in [-0.1, -0.05) is 31.0 Å². The smallest absolute Gasteiger partial charge is 0.178 e. The standard InChI is InChI=1S/C15H22O3S/c1-12-5-7-14(8-6-12)19(17,18)10-13-4-3-9-15(13,2)11-16/h5-8,13,16H,3-4,9-11H2,1-2H3/t13-,15-/m0/s1. The second kappa shape index (κ2) is 5.25. The number of aliphatic hydroxyl groups is 1. The number of hydrogen-bond donors (Lipinski definition) is 1. The van der Waals surface area contributed by atoms with Crippen LogP contribution in [-0.2, 0) is 9.84 Å². The molecule has 2 rings (SSSR count). The number of benzene rings is 1. The van der Waals surface area contributed by atoms with Crippen molar-refractivity contribution in [2.45, 2.75) is 38.0 Å². The second-order valence-corrected chi connectivity index (χ2v) is 8.03. The van der Waals surface area contributed by atoms with Gasteiger partial charge in [0.1, 0.15) is 0 Å². The molecule has 0 heterocycles. The zero-order valence-electron chi connectivity index (χ0n) is 11.6. The predicted octanol–water partition coefficient (Wildman–Crippen LogP) is 2.57. The Morgan fingerprint density at radius 2 is 1.95 bits per heavy atom. The summed E-state index contributed by atoms with van der Waals surface area (Å²) < 4.78 is 24.8. The third-order valence-corrected chi connectivity index (χ3v) is 6.28. The van der Waals surface area contributed by atoms with E-state index in [1.54, 1.807) is 12.1 Å². The van der Waals surface area contributed by atoms with Crippen molar-refractivity contribution >= 4 is 9.84 Å². The summed E-state index contributed by atoms with van der Waals surface area (Å²) in [6, 6.07) is 7.01. The molecule has 1 aliphatic carbocycles. The van der Waals surface area contributed by atoms with Gasteiger partial charge in [0.25, 0.3) is 0 Å². The minimum Gasteiger partial charge on any atom is -0.396 e. The first kappa shape index (κ1) is 14.5. The van der Waals surface area contributed by atoms with Crippen molar-refractivity contribution < 1.29 is 13.5 Å². The third kappa shape index (κ3) is 3.00. The van der Waals surface area contributed by atoms with E-state index in [2.05, 4.69) is 0 Å². The van der Waals surface area contributed by atoms with Gasteiger partial charge in [0.15, 0.2) is 9.84 Å². The second-order valence-electron chi connectivity index (χ2n) is 6.00. The number of hydrogen-bond acceptors (Lipinski definition) is 3. The lowest BCUT2D eigenvalue weighted by Crippen LogP contribution is -2.31. The normalized spacial score (nSPS) is 27.6. The molecule has 1 aromatic rings. The molecule has 1 fully saturated rings. The molecule has 106 valence electrons. The number of aryl methyl sites for hydroxylation is 1. The molecule has 1 aliphatic rings. The van der Waals surface area contributed by atoms with Crippen LogP contribution in [0.3, 0.4) is 0 Å². The first-order valence-electron chi connectivity index (χ1n) is 6.78. The fourth-order valence-corrected chi connectivity index (χ4v) is 4.75. The quantitative estimate of drug-likeness (QED) is 0.923.